The fourth-order valence-electron chi connectivity index (χ4n) is 3.57. The summed E-state index contributed by atoms with van der Waals surface area (Å²) in [5.41, 5.74) is 9.59. The van der Waals surface area contributed by atoms with E-state index in [0.29, 0.717) is 5.57 Å². The van der Waals surface area contributed by atoms with Crippen LogP contribution in [0.2, 0.25) is 0 Å². The minimum absolute atomic E-state index is 0.0298. The molecule has 0 fully saturated rings. The summed E-state index contributed by atoms with van der Waals surface area (Å²) in [4.78, 5) is 0. The quantitative estimate of drug-likeness (QED) is 0.595. The molecule has 2 N–H and O–H groups in total. The molecule has 1 aliphatic rings. The number of benzene rings is 2. The Kier molecular flexibility index (Phi) is 6.79. The molecule has 1 heterocycles. The van der Waals surface area contributed by atoms with E-state index in [-0.39, 0.29) is 30.2 Å². The van der Waals surface area contributed by atoms with Crippen LogP contribution in [0.1, 0.15) is 36.5 Å². The fourth-order valence-corrected chi connectivity index (χ4v) is 5.32. The van der Waals surface area contributed by atoms with E-state index in [1.165, 1.54) is 0 Å². The Labute approximate surface area is 177 Å². The summed E-state index contributed by atoms with van der Waals surface area (Å²) in [6.45, 7) is 5.75. The number of nitrogens with zero attached hydrogens (tertiary/aromatic N) is 1. The van der Waals surface area contributed by atoms with Crippen LogP contribution < -0.4 is 5.73 Å². The number of allylic oxidation sites excluding steroid dienone is 2. The third-order valence-corrected chi connectivity index (χ3v) is 6.86. The lowest BCUT2D eigenvalue weighted by atomic mass is 9.80. The zero-order valence-electron chi connectivity index (χ0n) is 17.3. The second kappa shape index (κ2) is 9.32. The Morgan fingerprint density at radius 2 is 1.67 bits per heavy atom. The molecule has 3 rings (SSSR count). The number of nitrogens with two attached hydrogens (primary N) is 1. The number of nitriles is 1. The summed E-state index contributed by atoms with van der Waals surface area (Å²) in [6.07, 6.45) is 0. The van der Waals surface area contributed by atoms with Crippen molar-refractivity contribution < 1.29 is 18.3 Å². The highest BCUT2D eigenvalue weighted by atomic mass is 31.2. The highest BCUT2D eigenvalue weighted by molar-refractivity contribution is 7.58. The van der Waals surface area contributed by atoms with Gasteiger partial charge in [0.1, 0.15) is 11.6 Å². The van der Waals surface area contributed by atoms with Gasteiger partial charge < -0.3 is 19.5 Å². The van der Waals surface area contributed by atoms with Crippen molar-refractivity contribution in [2.75, 3.05) is 13.2 Å². The third kappa shape index (κ3) is 4.06. The van der Waals surface area contributed by atoms with Gasteiger partial charge in [0.25, 0.3) is 0 Å². The molecular formula is C23H25N2O4P. The molecule has 1 aliphatic heterocycles. The lowest BCUT2D eigenvalue weighted by Crippen LogP contribution is -2.22. The monoisotopic (exact) mass is 424 g/mol. The van der Waals surface area contributed by atoms with Gasteiger partial charge in [0.2, 0.25) is 11.4 Å². The van der Waals surface area contributed by atoms with Crippen LogP contribution in [0, 0.1) is 18.3 Å². The van der Waals surface area contributed by atoms with E-state index in [0.717, 1.165) is 16.7 Å². The zero-order chi connectivity index (χ0) is 21.7. The largest absolute Gasteiger partial charge is 0.432 e. The van der Waals surface area contributed by atoms with Crippen LogP contribution in [0.25, 0.3) is 5.57 Å². The SMILES string of the molecule is CCOP(=O)(OCC)C1=C(c2ccccc2)C(c2ccccc2C)C(C#N)=C(N)O1. The van der Waals surface area contributed by atoms with Crippen molar-refractivity contribution in [3.8, 4) is 6.07 Å². The average Bonchev–Trinajstić information content (AvgIpc) is 2.74. The van der Waals surface area contributed by atoms with Gasteiger partial charge in [0, 0.05) is 5.57 Å². The molecule has 0 amide bonds. The molecule has 0 aromatic heterocycles. The van der Waals surface area contributed by atoms with Crippen molar-refractivity contribution in [2.24, 2.45) is 5.73 Å². The molecule has 1 unspecified atom stereocenters. The second-order valence-corrected chi connectivity index (χ2v) is 8.62. The summed E-state index contributed by atoms with van der Waals surface area (Å²) >= 11 is 0. The lowest BCUT2D eigenvalue weighted by molar-refractivity contribution is 0.199. The van der Waals surface area contributed by atoms with E-state index >= 15 is 0 Å². The number of aryl methyl sites for hydroxylation is 1. The Morgan fingerprint density at radius 3 is 2.23 bits per heavy atom. The van der Waals surface area contributed by atoms with Crippen LogP contribution in [0.3, 0.4) is 0 Å². The molecule has 0 saturated carbocycles. The first kappa shape index (κ1) is 21.9. The molecule has 0 radical (unpaired) electrons. The van der Waals surface area contributed by atoms with E-state index in [1.54, 1.807) is 13.8 Å². The minimum atomic E-state index is -3.83. The molecule has 2 aromatic carbocycles. The predicted octanol–water partition coefficient (Wildman–Crippen LogP) is 5.44. The topological polar surface area (TPSA) is 94.6 Å². The van der Waals surface area contributed by atoms with Crippen LogP contribution in [0.15, 0.2) is 71.6 Å². The maximum Gasteiger partial charge on any atom is 0.396 e. The Bertz CT molecular complexity index is 1060. The number of ether oxygens (including phenoxy) is 1. The van der Waals surface area contributed by atoms with E-state index < -0.39 is 13.5 Å². The van der Waals surface area contributed by atoms with Crippen molar-refractivity contribution >= 4 is 13.2 Å². The maximum atomic E-state index is 13.8. The van der Waals surface area contributed by atoms with Crippen LogP contribution in [0.4, 0.5) is 0 Å². The van der Waals surface area contributed by atoms with Gasteiger partial charge in [0.05, 0.1) is 19.1 Å². The molecule has 7 heteroatoms. The first-order valence-electron chi connectivity index (χ1n) is 9.79. The first-order valence-corrected chi connectivity index (χ1v) is 11.3. The number of rotatable bonds is 7. The lowest BCUT2D eigenvalue weighted by Gasteiger charge is -2.32. The van der Waals surface area contributed by atoms with E-state index in [4.69, 9.17) is 19.5 Å². The van der Waals surface area contributed by atoms with Gasteiger partial charge in [-0.3, -0.25) is 4.57 Å². The molecular weight excluding hydrogens is 399 g/mol. The smallest absolute Gasteiger partial charge is 0.396 e. The van der Waals surface area contributed by atoms with E-state index in [1.807, 2.05) is 61.5 Å². The van der Waals surface area contributed by atoms with Crippen molar-refractivity contribution in [3.63, 3.8) is 0 Å². The molecule has 6 nitrogen and oxygen atoms in total. The zero-order valence-corrected chi connectivity index (χ0v) is 18.2. The summed E-state index contributed by atoms with van der Waals surface area (Å²) in [6, 6.07) is 19.3. The summed E-state index contributed by atoms with van der Waals surface area (Å²) < 4.78 is 30.8. The highest BCUT2D eigenvalue weighted by Crippen LogP contribution is 2.63. The molecule has 156 valence electrons. The summed E-state index contributed by atoms with van der Waals surface area (Å²) in [5, 5.41) is 9.92. The Morgan fingerprint density at radius 1 is 1.07 bits per heavy atom. The summed E-state index contributed by atoms with van der Waals surface area (Å²) in [5.74, 6) is -0.670. The van der Waals surface area contributed by atoms with E-state index in [9.17, 15) is 9.83 Å². The number of hydrogen-bond acceptors (Lipinski definition) is 6. The van der Waals surface area contributed by atoms with Gasteiger partial charge in [-0.15, -0.1) is 0 Å². The predicted molar refractivity (Wildman–Crippen MR) is 116 cm³/mol. The van der Waals surface area contributed by atoms with Crippen molar-refractivity contribution in [1.82, 2.24) is 0 Å². The fraction of sp³-hybridized carbons (Fsp3) is 0.261. The first-order chi connectivity index (χ1) is 14.5. The normalized spacial score (nSPS) is 16.9. The maximum absolute atomic E-state index is 13.8. The second-order valence-electron chi connectivity index (χ2n) is 6.70. The van der Waals surface area contributed by atoms with Gasteiger partial charge in [-0.25, -0.2) is 0 Å². The van der Waals surface area contributed by atoms with Crippen molar-refractivity contribution in [1.29, 1.82) is 5.26 Å². The molecule has 2 aromatic rings. The van der Waals surface area contributed by atoms with Gasteiger partial charge in [-0.1, -0.05) is 54.6 Å². The van der Waals surface area contributed by atoms with E-state index in [2.05, 4.69) is 6.07 Å². The molecule has 0 saturated heterocycles. The van der Waals surface area contributed by atoms with Gasteiger partial charge >= 0.3 is 7.60 Å². The Balaban J connectivity index is 2.39. The van der Waals surface area contributed by atoms with Gasteiger partial charge in [-0.2, -0.15) is 5.26 Å². The molecule has 30 heavy (non-hydrogen) atoms. The summed E-state index contributed by atoms with van der Waals surface area (Å²) in [7, 11) is -3.83. The van der Waals surface area contributed by atoms with Crippen LogP contribution in [-0.2, 0) is 18.3 Å². The molecule has 1 atom stereocenters. The standard InChI is InChI=1S/C23H25N2O4P/c1-4-27-30(26,28-5-2)23-20(17-12-7-6-8-13-17)21(19(15-24)22(25)29-23)18-14-10-9-11-16(18)3/h6-14,21H,4-5,25H2,1-3H3. The highest BCUT2D eigenvalue weighted by Gasteiger charge is 2.43. The van der Waals surface area contributed by atoms with Crippen LogP contribution in [0.5, 0.6) is 0 Å². The average molecular weight is 424 g/mol. The van der Waals surface area contributed by atoms with Crippen LogP contribution >= 0.6 is 7.60 Å². The molecule has 0 aliphatic carbocycles. The van der Waals surface area contributed by atoms with Crippen LogP contribution in [-0.4, -0.2) is 13.2 Å². The minimum Gasteiger partial charge on any atom is -0.432 e. The molecule has 0 spiro atoms. The number of hydrogen-bond donors (Lipinski definition) is 1. The molecule has 0 bridgehead atoms. The third-order valence-electron chi connectivity index (χ3n) is 4.83. The van der Waals surface area contributed by atoms with Crippen molar-refractivity contribution in [2.45, 2.75) is 26.7 Å². The van der Waals surface area contributed by atoms with Crippen molar-refractivity contribution in [3.05, 3.63) is 88.2 Å². The Hall–Kier alpha value is -2.84. The van der Waals surface area contributed by atoms with Gasteiger partial charge in [-0.05, 0) is 37.5 Å². The van der Waals surface area contributed by atoms with Gasteiger partial charge in [0.15, 0.2) is 0 Å².